The fourth-order valence-corrected chi connectivity index (χ4v) is 3.68. The van der Waals surface area contributed by atoms with Gasteiger partial charge in [0, 0.05) is 9.90 Å². The molecule has 2 aliphatic rings. The van der Waals surface area contributed by atoms with E-state index in [-0.39, 0.29) is 5.41 Å². The third-order valence-corrected chi connectivity index (χ3v) is 4.66. The van der Waals surface area contributed by atoms with Gasteiger partial charge in [-0.2, -0.15) is 0 Å². The van der Waals surface area contributed by atoms with Gasteiger partial charge in [-0.3, -0.25) is 0 Å². The third-order valence-electron chi connectivity index (χ3n) is 3.67. The second-order valence-corrected chi connectivity index (χ2v) is 5.27. The van der Waals surface area contributed by atoms with Crippen LogP contribution in [0, 0.1) is 0 Å². The minimum atomic E-state index is 0.280. The van der Waals surface area contributed by atoms with E-state index in [1.807, 2.05) is 0 Å². The third kappa shape index (κ3) is 1.31. The average molecular weight is 264 g/mol. The van der Waals surface area contributed by atoms with Crippen molar-refractivity contribution in [3.05, 3.63) is 39.9 Å². The molecule has 1 N–H and O–H groups in total. The molecule has 1 heterocycles. The smallest absolute Gasteiger partial charge is 0.0299 e. The van der Waals surface area contributed by atoms with Crippen LogP contribution in [-0.4, -0.2) is 13.1 Å². The summed E-state index contributed by atoms with van der Waals surface area (Å²) in [7, 11) is 0. The number of halogens is 1. The van der Waals surface area contributed by atoms with Crippen molar-refractivity contribution in [3.8, 4) is 0 Å². The van der Waals surface area contributed by atoms with Gasteiger partial charge in [-0.25, -0.2) is 0 Å². The molecule has 2 heteroatoms. The van der Waals surface area contributed by atoms with Crippen LogP contribution in [0.15, 0.2) is 28.7 Å². The van der Waals surface area contributed by atoms with Crippen molar-refractivity contribution >= 4 is 22.0 Å². The van der Waals surface area contributed by atoms with Crippen molar-refractivity contribution in [3.63, 3.8) is 0 Å². The summed E-state index contributed by atoms with van der Waals surface area (Å²) in [5.74, 6) is 0. The molecule has 0 bridgehead atoms. The highest BCUT2D eigenvalue weighted by Gasteiger charge is 2.40. The summed E-state index contributed by atoms with van der Waals surface area (Å²) >= 11 is 3.77. The van der Waals surface area contributed by atoms with Crippen LogP contribution in [0.3, 0.4) is 0 Å². The molecule has 15 heavy (non-hydrogen) atoms. The Labute approximate surface area is 98.7 Å². The lowest BCUT2D eigenvalue weighted by Crippen LogP contribution is -2.39. The maximum atomic E-state index is 3.77. The molecule has 3 rings (SSSR count). The predicted molar refractivity (Wildman–Crippen MR) is 67.1 cm³/mol. The molecule has 1 aliphatic heterocycles. The Bertz CT molecular complexity index is 416. The van der Waals surface area contributed by atoms with Crippen molar-refractivity contribution in [1.29, 1.82) is 0 Å². The van der Waals surface area contributed by atoms with E-state index in [1.54, 1.807) is 0 Å². The molecule has 1 saturated heterocycles. The average Bonchev–Trinajstić information content (AvgIpc) is 2.55. The minimum Gasteiger partial charge on any atom is -0.317 e. The molecule has 1 aromatic carbocycles. The minimum absolute atomic E-state index is 0.280. The van der Waals surface area contributed by atoms with Crippen molar-refractivity contribution in [2.45, 2.75) is 18.3 Å². The summed E-state index contributed by atoms with van der Waals surface area (Å²) in [5.41, 5.74) is 3.19. The number of nitrogens with one attached hydrogen (secondary N) is 1. The molecule has 0 saturated carbocycles. The second-order valence-electron chi connectivity index (χ2n) is 4.41. The highest BCUT2D eigenvalue weighted by atomic mass is 79.9. The van der Waals surface area contributed by atoms with Crippen LogP contribution < -0.4 is 5.32 Å². The molecule has 78 valence electrons. The summed E-state index contributed by atoms with van der Waals surface area (Å²) in [6.45, 7) is 2.24. The summed E-state index contributed by atoms with van der Waals surface area (Å²) in [6.07, 6.45) is 4.71. The van der Waals surface area contributed by atoms with E-state index in [9.17, 15) is 0 Å². The zero-order valence-electron chi connectivity index (χ0n) is 8.59. The van der Waals surface area contributed by atoms with Gasteiger partial charge in [0.1, 0.15) is 0 Å². The molecule has 0 aromatic heterocycles. The summed E-state index contributed by atoms with van der Waals surface area (Å²) in [6, 6.07) is 8.77. The van der Waals surface area contributed by atoms with E-state index in [0.29, 0.717) is 0 Å². The number of piperidine rings is 1. The highest BCUT2D eigenvalue weighted by Crippen LogP contribution is 2.49. The molecular weight excluding hydrogens is 250 g/mol. The van der Waals surface area contributed by atoms with Crippen LogP contribution in [-0.2, 0) is 5.41 Å². The Kier molecular flexibility index (Phi) is 2.22. The summed E-state index contributed by atoms with van der Waals surface area (Å²) in [4.78, 5) is 0. The Hall–Kier alpha value is -0.600. The molecule has 0 amide bonds. The van der Waals surface area contributed by atoms with Crippen LogP contribution in [0.4, 0.5) is 0 Å². The van der Waals surface area contributed by atoms with Crippen molar-refractivity contribution < 1.29 is 0 Å². The van der Waals surface area contributed by atoms with Gasteiger partial charge in [0.2, 0.25) is 0 Å². The van der Waals surface area contributed by atoms with Crippen LogP contribution in [0.2, 0.25) is 0 Å². The lowest BCUT2D eigenvalue weighted by atomic mass is 9.75. The quantitative estimate of drug-likeness (QED) is 0.759. The summed E-state index contributed by atoms with van der Waals surface area (Å²) in [5, 5.41) is 3.44. The van der Waals surface area contributed by atoms with Crippen LogP contribution in [0.1, 0.15) is 24.0 Å². The maximum Gasteiger partial charge on any atom is 0.0299 e. The summed E-state index contributed by atoms with van der Waals surface area (Å²) < 4.78 is 1.37. The van der Waals surface area contributed by atoms with E-state index in [0.717, 1.165) is 13.1 Å². The Morgan fingerprint density at radius 3 is 2.67 bits per heavy atom. The first-order valence-electron chi connectivity index (χ1n) is 5.51. The first kappa shape index (κ1) is 9.61. The van der Waals surface area contributed by atoms with E-state index >= 15 is 0 Å². The van der Waals surface area contributed by atoms with Gasteiger partial charge >= 0.3 is 0 Å². The van der Waals surface area contributed by atoms with Gasteiger partial charge < -0.3 is 5.32 Å². The van der Waals surface area contributed by atoms with E-state index in [1.165, 1.54) is 28.5 Å². The molecular formula is C13H14BrN. The van der Waals surface area contributed by atoms with Gasteiger partial charge in [0.05, 0.1) is 0 Å². The van der Waals surface area contributed by atoms with E-state index < -0.39 is 0 Å². The fourth-order valence-electron chi connectivity index (χ4n) is 2.82. The van der Waals surface area contributed by atoms with E-state index in [4.69, 9.17) is 0 Å². The number of fused-ring (bicyclic) bond motifs is 2. The maximum absolute atomic E-state index is 3.77. The number of hydrogen-bond acceptors (Lipinski definition) is 1. The monoisotopic (exact) mass is 263 g/mol. The van der Waals surface area contributed by atoms with Gasteiger partial charge in [0.15, 0.2) is 0 Å². The standard InChI is InChI=1S/C13H14BrN/c14-12-9-10-3-1-2-4-11(10)13(12)5-7-15-8-6-13/h1-4,9,15H,5-8H2. The first-order valence-corrected chi connectivity index (χ1v) is 6.30. The van der Waals surface area contributed by atoms with E-state index in [2.05, 4.69) is 51.6 Å². The van der Waals surface area contributed by atoms with Crippen LogP contribution in [0.25, 0.3) is 6.08 Å². The Morgan fingerprint density at radius 1 is 1.13 bits per heavy atom. The molecule has 1 nitrogen and oxygen atoms in total. The predicted octanol–water partition coefficient (Wildman–Crippen LogP) is 3.06. The zero-order chi connectivity index (χ0) is 10.3. The lowest BCUT2D eigenvalue weighted by molar-refractivity contribution is 0.375. The molecule has 1 aromatic rings. The fraction of sp³-hybridized carbons (Fsp3) is 0.385. The largest absolute Gasteiger partial charge is 0.317 e. The molecule has 0 atom stereocenters. The van der Waals surface area contributed by atoms with Crippen molar-refractivity contribution in [2.24, 2.45) is 0 Å². The van der Waals surface area contributed by atoms with Gasteiger partial charge in [-0.05, 0) is 43.1 Å². The topological polar surface area (TPSA) is 12.0 Å². The molecule has 1 aliphatic carbocycles. The lowest BCUT2D eigenvalue weighted by Gasteiger charge is -2.36. The zero-order valence-corrected chi connectivity index (χ0v) is 10.2. The molecule has 1 fully saturated rings. The number of hydrogen-bond donors (Lipinski definition) is 1. The van der Waals surface area contributed by atoms with Gasteiger partial charge in [-0.1, -0.05) is 40.2 Å². The van der Waals surface area contributed by atoms with Gasteiger partial charge in [0.25, 0.3) is 0 Å². The highest BCUT2D eigenvalue weighted by molar-refractivity contribution is 9.11. The van der Waals surface area contributed by atoms with Crippen molar-refractivity contribution in [2.75, 3.05) is 13.1 Å². The second kappa shape index (κ2) is 3.46. The van der Waals surface area contributed by atoms with Gasteiger partial charge in [-0.15, -0.1) is 0 Å². The first-order chi connectivity index (χ1) is 7.33. The number of rotatable bonds is 0. The normalized spacial score (nSPS) is 22.6. The molecule has 0 radical (unpaired) electrons. The SMILES string of the molecule is BrC1=Cc2ccccc2C12CCNCC2. The molecule has 0 unspecified atom stereocenters. The van der Waals surface area contributed by atoms with Crippen LogP contribution >= 0.6 is 15.9 Å². The Balaban J connectivity index is 2.13. The Morgan fingerprint density at radius 2 is 1.87 bits per heavy atom. The number of allylic oxidation sites excluding steroid dienone is 1. The van der Waals surface area contributed by atoms with Crippen molar-refractivity contribution in [1.82, 2.24) is 5.32 Å². The number of benzene rings is 1. The van der Waals surface area contributed by atoms with Crippen LogP contribution in [0.5, 0.6) is 0 Å². The molecule has 1 spiro atoms.